The van der Waals surface area contributed by atoms with Gasteiger partial charge in [-0.3, -0.25) is 4.98 Å². The summed E-state index contributed by atoms with van der Waals surface area (Å²) in [6.45, 7) is 0. The zero-order chi connectivity index (χ0) is 15.6. The lowest BCUT2D eigenvalue weighted by molar-refractivity contribution is -0.137. The number of hydrogen-bond donors (Lipinski definition) is 1. The molecule has 0 aliphatic carbocycles. The molecule has 1 heterocycles. The summed E-state index contributed by atoms with van der Waals surface area (Å²) in [5.41, 5.74) is 5.63. The summed E-state index contributed by atoms with van der Waals surface area (Å²) in [6.07, 6.45) is -3.75. The Morgan fingerprint density at radius 2 is 1.90 bits per heavy atom. The maximum absolute atomic E-state index is 13.6. The number of alkyl halides is 3. The second kappa shape index (κ2) is 5.69. The Morgan fingerprint density at radius 1 is 1.19 bits per heavy atom. The van der Waals surface area contributed by atoms with Crippen LogP contribution in [0.5, 0.6) is 5.75 Å². The monoisotopic (exact) mass is 300 g/mol. The molecule has 0 bridgehead atoms. The van der Waals surface area contributed by atoms with Gasteiger partial charge in [0, 0.05) is 6.20 Å². The normalized spacial score (nSPS) is 13.0. The van der Waals surface area contributed by atoms with Crippen molar-refractivity contribution < 1.29 is 22.3 Å². The number of aromatic nitrogens is 1. The first-order valence-corrected chi connectivity index (χ1v) is 5.95. The Hall–Kier alpha value is -2.15. The van der Waals surface area contributed by atoms with E-state index in [1.165, 1.54) is 31.4 Å². The summed E-state index contributed by atoms with van der Waals surface area (Å²) in [4.78, 5) is 3.70. The fourth-order valence-corrected chi connectivity index (χ4v) is 1.80. The smallest absolute Gasteiger partial charge is 0.417 e. The average Bonchev–Trinajstić information content (AvgIpc) is 2.45. The van der Waals surface area contributed by atoms with Crippen molar-refractivity contribution in [3.63, 3.8) is 0 Å². The van der Waals surface area contributed by atoms with E-state index in [0.29, 0.717) is 11.8 Å². The minimum Gasteiger partial charge on any atom is -0.494 e. The van der Waals surface area contributed by atoms with Crippen molar-refractivity contribution in [2.75, 3.05) is 7.11 Å². The molecule has 0 fully saturated rings. The van der Waals surface area contributed by atoms with Gasteiger partial charge in [-0.15, -0.1) is 0 Å². The molecule has 0 amide bonds. The van der Waals surface area contributed by atoms with Crippen molar-refractivity contribution in [1.29, 1.82) is 0 Å². The first-order chi connectivity index (χ1) is 9.82. The Labute approximate surface area is 118 Å². The van der Waals surface area contributed by atoms with E-state index in [-0.39, 0.29) is 11.4 Å². The van der Waals surface area contributed by atoms with Gasteiger partial charge in [-0.2, -0.15) is 13.2 Å². The number of nitrogens with zero attached hydrogens (tertiary/aromatic N) is 1. The van der Waals surface area contributed by atoms with E-state index >= 15 is 0 Å². The summed E-state index contributed by atoms with van der Waals surface area (Å²) in [7, 11) is 1.33. The van der Waals surface area contributed by atoms with Gasteiger partial charge in [-0.1, -0.05) is 6.07 Å². The fourth-order valence-electron chi connectivity index (χ4n) is 1.80. The molecule has 2 N–H and O–H groups in total. The molecule has 2 rings (SSSR count). The van der Waals surface area contributed by atoms with Crippen LogP contribution in [0.3, 0.4) is 0 Å². The molecule has 112 valence electrons. The van der Waals surface area contributed by atoms with E-state index in [2.05, 4.69) is 4.98 Å². The number of ether oxygens (including phenoxy) is 1. The largest absolute Gasteiger partial charge is 0.494 e. The highest BCUT2D eigenvalue weighted by Gasteiger charge is 2.30. The number of benzene rings is 1. The Morgan fingerprint density at radius 3 is 2.38 bits per heavy atom. The fraction of sp³-hybridized carbons (Fsp3) is 0.214. The van der Waals surface area contributed by atoms with Gasteiger partial charge in [0.15, 0.2) is 11.6 Å². The molecule has 2 aromatic rings. The SMILES string of the molecule is COc1ccc(C(N)c2ccc(C(F)(F)F)cn2)cc1F. The van der Waals surface area contributed by atoms with Gasteiger partial charge >= 0.3 is 6.18 Å². The number of nitrogens with two attached hydrogens (primary N) is 1. The van der Waals surface area contributed by atoms with Crippen LogP contribution in [0.1, 0.15) is 22.9 Å². The van der Waals surface area contributed by atoms with Crippen molar-refractivity contribution >= 4 is 0 Å². The van der Waals surface area contributed by atoms with Gasteiger partial charge in [0.25, 0.3) is 0 Å². The number of hydrogen-bond acceptors (Lipinski definition) is 3. The van der Waals surface area contributed by atoms with Crippen LogP contribution in [0.15, 0.2) is 36.5 Å². The summed E-state index contributed by atoms with van der Waals surface area (Å²) in [5, 5.41) is 0. The molecule has 0 aliphatic heterocycles. The molecule has 0 saturated heterocycles. The van der Waals surface area contributed by atoms with E-state index in [1.54, 1.807) is 0 Å². The van der Waals surface area contributed by atoms with Crippen LogP contribution in [-0.2, 0) is 6.18 Å². The molecule has 0 saturated carbocycles. The Bertz CT molecular complexity index is 626. The minimum atomic E-state index is -4.46. The van der Waals surface area contributed by atoms with Crippen LogP contribution < -0.4 is 10.5 Å². The molecule has 1 unspecified atom stereocenters. The summed E-state index contributed by atoms with van der Waals surface area (Å²) >= 11 is 0. The van der Waals surface area contributed by atoms with Crippen molar-refractivity contribution in [3.8, 4) is 5.75 Å². The zero-order valence-electron chi connectivity index (χ0n) is 11.0. The van der Waals surface area contributed by atoms with E-state index in [9.17, 15) is 17.6 Å². The second-order valence-corrected chi connectivity index (χ2v) is 4.34. The number of halogens is 4. The van der Waals surface area contributed by atoms with Crippen molar-refractivity contribution in [1.82, 2.24) is 4.98 Å². The highest BCUT2D eigenvalue weighted by atomic mass is 19.4. The molecule has 0 radical (unpaired) electrons. The van der Waals surface area contributed by atoms with E-state index in [4.69, 9.17) is 10.5 Å². The van der Waals surface area contributed by atoms with Gasteiger partial charge < -0.3 is 10.5 Å². The highest BCUT2D eigenvalue weighted by Crippen LogP contribution is 2.30. The topological polar surface area (TPSA) is 48.1 Å². The number of rotatable bonds is 3. The Balaban J connectivity index is 2.27. The van der Waals surface area contributed by atoms with Gasteiger partial charge in [0.05, 0.1) is 24.4 Å². The van der Waals surface area contributed by atoms with E-state index in [1.807, 2.05) is 0 Å². The van der Waals surface area contributed by atoms with E-state index < -0.39 is 23.6 Å². The molecule has 7 heteroatoms. The lowest BCUT2D eigenvalue weighted by Gasteiger charge is -2.14. The summed E-state index contributed by atoms with van der Waals surface area (Å²) < 4.78 is 55.7. The van der Waals surface area contributed by atoms with Gasteiger partial charge in [0.2, 0.25) is 0 Å². The summed E-state index contributed by atoms with van der Waals surface area (Å²) in [6, 6.07) is 5.34. The molecular formula is C14H12F4N2O. The molecular weight excluding hydrogens is 288 g/mol. The van der Waals surface area contributed by atoms with Crippen LogP contribution in [0.4, 0.5) is 17.6 Å². The highest BCUT2D eigenvalue weighted by molar-refractivity contribution is 5.34. The molecule has 1 aromatic carbocycles. The number of pyridine rings is 1. The lowest BCUT2D eigenvalue weighted by atomic mass is 10.0. The third kappa shape index (κ3) is 3.30. The van der Waals surface area contributed by atoms with Crippen LogP contribution in [0.25, 0.3) is 0 Å². The minimum absolute atomic E-state index is 0.0614. The quantitative estimate of drug-likeness (QED) is 0.885. The Kier molecular flexibility index (Phi) is 4.13. The molecule has 1 aromatic heterocycles. The van der Waals surface area contributed by atoms with Crippen LogP contribution in [-0.4, -0.2) is 12.1 Å². The van der Waals surface area contributed by atoms with Crippen LogP contribution in [0.2, 0.25) is 0 Å². The van der Waals surface area contributed by atoms with Crippen molar-refractivity contribution in [2.45, 2.75) is 12.2 Å². The number of methoxy groups -OCH3 is 1. The maximum atomic E-state index is 13.6. The van der Waals surface area contributed by atoms with E-state index in [0.717, 1.165) is 6.07 Å². The van der Waals surface area contributed by atoms with Crippen molar-refractivity contribution in [3.05, 3.63) is 59.2 Å². The van der Waals surface area contributed by atoms with Gasteiger partial charge in [-0.25, -0.2) is 4.39 Å². The summed E-state index contributed by atoms with van der Waals surface area (Å²) in [5.74, 6) is -0.538. The first-order valence-electron chi connectivity index (χ1n) is 5.95. The predicted octanol–water partition coefficient (Wildman–Crippen LogP) is 3.30. The molecule has 0 aliphatic rings. The molecule has 1 atom stereocenters. The van der Waals surface area contributed by atoms with Gasteiger partial charge in [-0.05, 0) is 29.8 Å². The van der Waals surface area contributed by atoms with Gasteiger partial charge in [0.1, 0.15) is 0 Å². The van der Waals surface area contributed by atoms with Crippen LogP contribution >= 0.6 is 0 Å². The first kappa shape index (κ1) is 15.2. The standard InChI is InChI=1S/C14H12F4N2O/c1-21-12-5-2-8(6-10(12)15)13(19)11-4-3-9(7-20-11)14(16,17)18/h2-7,13H,19H2,1H3. The molecule has 0 spiro atoms. The zero-order valence-corrected chi connectivity index (χ0v) is 11.0. The maximum Gasteiger partial charge on any atom is 0.417 e. The lowest BCUT2D eigenvalue weighted by Crippen LogP contribution is -2.15. The van der Waals surface area contributed by atoms with Crippen LogP contribution in [0, 0.1) is 5.82 Å². The molecule has 3 nitrogen and oxygen atoms in total. The predicted molar refractivity (Wildman–Crippen MR) is 68.2 cm³/mol. The average molecular weight is 300 g/mol. The third-order valence-electron chi connectivity index (χ3n) is 2.97. The molecule has 21 heavy (non-hydrogen) atoms. The van der Waals surface area contributed by atoms with Crippen molar-refractivity contribution in [2.24, 2.45) is 5.73 Å². The second-order valence-electron chi connectivity index (χ2n) is 4.34. The third-order valence-corrected chi connectivity index (χ3v) is 2.97.